The van der Waals surface area contributed by atoms with Gasteiger partial charge in [0.1, 0.15) is 17.2 Å². The highest BCUT2D eigenvalue weighted by Gasteiger charge is 2.28. The van der Waals surface area contributed by atoms with Crippen molar-refractivity contribution in [3.8, 4) is 11.4 Å². The number of nitrogens with zero attached hydrogens (tertiary/aromatic N) is 4. The smallest absolute Gasteiger partial charge is 0.155 e. The maximum atomic E-state index is 14.5. The number of anilines is 1. The number of hydrogen-bond donors (Lipinski definition) is 3. The fourth-order valence-electron chi connectivity index (χ4n) is 3.49. The Morgan fingerprint density at radius 2 is 2.11 bits per heavy atom. The van der Waals surface area contributed by atoms with E-state index in [1.807, 2.05) is 19.9 Å². The highest BCUT2D eigenvalue weighted by molar-refractivity contribution is 5.89. The predicted octanol–water partition coefficient (Wildman–Crippen LogP) is 1.95. The van der Waals surface area contributed by atoms with Crippen molar-refractivity contribution in [3.63, 3.8) is 0 Å². The van der Waals surface area contributed by atoms with Crippen molar-refractivity contribution in [2.75, 3.05) is 24.5 Å². The first-order valence-corrected chi connectivity index (χ1v) is 9.17. The fourth-order valence-corrected chi connectivity index (χ4v) is 3.49. The molecule has 4 heterocycles. The van der Waals surface area contributed by atoms with Crippen LogP contribution in [0.2, 0.25) is 0 Å². The van der Waals surface area contributed by atoms with E-state index in [0.717, 1.165) is 18.5 Å². The summed E-state index contributed by atoms with van der Waals surface area (Å²) in [5.41, 5.74) is 1.25. The quantitative estimate of drug-likeness (QED) is 0.650. The predicted molar refractivity (Wildman–Crippen MR) is 102 cm³/mol. The summed E-state index contributed by atoms with van der Waals surface area (Å²) in [6.07, 6.45) is 1.21. The molecule has 3 aromatic rings. The number of H-pyrrole nitrogens is 1. The van der Waals surface area contributed by atoms with Crippen molar-refractivity contribution in [1.29, 1.82) is 0 Å². The summed E-state index contributed by atoms with van der Waals surface area (Å²) >= 11 is 0. The SMILES string of the molecule is CC(C)C(O)C1CN(c2ccc(F)c(-c3n[nH]c4ncccc34)n2)CCN1. The van der Waals surface area contributed by atoms with Gasteiger partial charge < -0.3 is 15.3 Å². The van der Waals surface area contributed by atoms with Crippen LogP contribution in [0.15, 0.2) is 30.5 Å². The molecule has 0 radical (unpaired) electrons. The second-order valence-corrected chi connectivity index (χ2v) is 7.21. The van der Waals surface area contributed by atoms with E-state index in [0.29, 0.717) is 23.7 Å². The van der Waals surface area contributed by atoms with Crippen molar-refractivity contribution in [1.82, 2.24) is 25.5 Å². The van der Waals surface area contributed by atoms with Crippen LogP contribution >= 0.6 is 0 Å². The summed E-state index contributed by atoms with van der Waals surface area (Å²) in [6, 6.07) is 6.68. The number of hydrogen-bond acceptors (Lipinski definition) is 6. The van der Waals surface area contributed by atoms with Crippen LogP contribution in [-0.2, 0) is 0 Å². The highest BCUT2D eigenvalue weighted by Crippen LogP contribution is 2.28. The highest BCUT2D eigenvalue weighted by atomic mass is 19.1. The number of aliphatic hydroxyl groups is 1. The molecule has 0 amide bonds. The molecule has 8 heteroatoms. The summed E-state index contributed by atoms with van der Waals surface area (Å²) in [6.45, 7) is 6.08. The van der Waals surface area contributed by atoms with Gasteiger partial charge in [0, 0.05) is 31.2 Å². The molecule has 0 aromatic carbocycles. The molecule has 1 aliphatic heterocycles. The van der Waals surface area contributed by atoms with E-state index in [2.05, 4.69) is 30.4 Å². The minimum atomic E-state index is -0.450. The molecule has 4 rings (SSSR count). The van der Waals surface area contributed by atoms with Gasteiger partial charge in [0.25, 0.3) is 0 Å². The minimum Gasteiger partial charge on any atom is -0.391 e. The maximum absolute atomic E-state index is 14.5. The van der Waals surface area contributed by atoms with Crippen LogP contribution in [0.3, 0.4) is 0 Å². The third-order valence-corrected chi connectivity index (χ3v) is 5.02. The van der Waals surface area contributed by atoms with Gasteiger partial charge in [-0.2, -0.15) is 5.10 Å². The molecule has 142 valence electrons. The lowest BCUT2D eigenvalue weighted by atomic mass is 9.98. The minimum absolute atomic E-state index is 0.0514. The molecule has 0 aliphatic carbocycles. The van der Waals surface area contributed by atoms with Gasteiger partial charge in [0.15, 0.2) is 11.5 Å². The lowest BCUT2D eigenvalue weighted by Crippen LogP contribution is -2.57. The van der Waals surface area contributed by atoms with E-state index in [-0.39, 0.29) is 17.7 Å². The largest absolute Gasteiger partial charge is 0.391 e. The van der Waals surface area contributed by atoms with Gasteiger partial charge in [0.2, 0.25) is 0 Å². The first-order valence-electron chi connectivity index (χ1n) is 9.17. The molecule has 7 nitrogen and oxygen atoms in total. The van der Waals surface area contributed by atoms with Crippen molar-refractivity contribution >= 4 is 16.9 Å². The average molecular weight is 370 g/mol. The van der Waals surface area contributed by atoms with Crippen LogP contribution < -0.4 is 10.2 Å². The first kappa shape index (κ1) is 17.8. The molecule has 3 N–H and O–H groups in total. The van der Waals surface area contributed by atoms with Crippen LogP contribution in [0.1, 0.15) is 13.8 Å². The van der Waals surface area contributed by atoms with Gasteiger partial charge in [-0.05, 0) is 30.2 Å². The molecular formula is C19H23FN6O. The number of aromatic amines is 1. The molecular weight excluding hydrogens is 347 g/mol. The van der Waals surface area contributed by atoms with Crippen molar-refractivity contribution in [3.05, 3.63) is 36.3 Å². The molecule has 3 aromatic heterocycles. The number of nitrogens with one attached hydrogen (secondary N) is 2. The zero-order valence-electron chi connectivity index (χ0n) is 15.4. The van der Waals surface area contributed by atoms with E-state index < -0.39 is 11.9 Å². The molecule has 0 saturated carbocycles. The van der Waals surface area contributed by atoms with Crippen molar-refractivity contribution < 1.29 is 9.50 Å². The molecule has 2 atom stereocenters. The third kappa shape index (κ3) is 3.38. The Morgan fingerprint density at radius 3 is 2.93 bits per heavy atom. The van der Waals surface area contributed by atoms with E-state index in [1.54, 1.807) is 18.3 Å². The van der Waals surface area contributed by atoms with Gasteiger partial charge >= 0.3 is 0 Å². The van der Waals surface area contributed by atoms with Gasteiger partial charge in [-0.1, -0.05) is 13.8 Å². The molecule has 0 bridgehead atoms. The maximum Gasteiger partial charge on any atom is 0.155 e. The zero-order valence-corrected chi connectivity index (χ0v) is 15.4. The number of piperazine rings is 1. The second kappa shape index (κ2) is 7.21. The Labute approximate surface area is 156 Å². The number of halogens is 1. The second-order valence-electron chi connectivity index (χ2n) is 7.21. The molecule has 1 aliphatic rings. The third-order valence-electron chi connectivity index (χ3n) is 5.02. The van der Waals surface area contributed by atoms with E-state index >= 15 is 0 Å². The number of aromatic nitrogens is 4. The summed E-state index contributed by atoms with van der Waals surface area (Å²) in [5, 5.41) is 21.5. The van der Waals surface area contributed by atoms with Gasteiger partial charge in [-0.3, -0.25) is 5.10 Å². The van der Waals surface area contributed by atoms with E-state index in [9.17, 15) is 9.50 Å². The Hall–Kier alpha value is -2.58. The Bertz CT molecular complexity index is 943. The fraction of sp³-hybridized carbons (Fsp3) is 0.421. The molecule has 0 spiro atoms. The molecule has 1 fully saturated rings. The lowest BCUT2D eigenvalue weighted by Gasteiger charge is -2.38. The monoisotopic (exact) mass is 370 g/mol. The van der Waals surface area contributed by atoms with Crippen LogP contribution in [0.5, 0.6) is 0 Å². The molecule has 27 heavy (non-hydrogen) atoms. The van der Waals surface area contributed by atoms with Crippen LogP contribution in [-0.4, -0.2) is 57.1 Å². The topological polar surface area (TPSA) is 90.0 Å². The lowest BCUT2D eigenvalue weighted by molar-refractivity contribution is 0.0811. The summed E-state index contributed by atoms with van der Waals surface area (Å²) in [7, 11) is 0. The Kier molecular flexibility index (Phi) is 4.75. The molecule has 2 unspecified atom stereocenters. The summed E-state index contributed by atoms with van der Waals surface area (Å²) < 4.78 is 14.5. The average Bonchev–Trinajstić information content (AvgIpc) is 3.12. The number of rotatable bonds is 4. The summed E-state index contributed by atoms with van der Waals surface area (Å²) in [5.74, 6) is 0.404. The van der Waals surface area contributed by atoms with Crippen molar-refractivity contribution in [2.24, 2.45) is 5.92 Å². The van der Waals surface area contributed by atoms with Crippen LogP contribution in [0.4, 0.5) is 10.2 Å². The number of pyridine rings is 2. The van der Waals surface area contributed by atoms with Gasteiger partial charge in [0.05, 0.1) is 12.1 Å². The first-order chi connectivity index (χ1) is 13.0. The normalized spacial score (nSPS) is 19.0. The standard InChI is InChI=1S/C19H23FN6O/c1-11(2)18(27)14-10-26(9-8-21-14)15-6-5-13(20)17(23-15)16-12-4-3-7-22-19(12)25-24-16/h3-7,11,14,18,21,27H,8-10H2,1-2H3,(H,22,24,25). The zero-order chi connectivity index (χ0) is 19.0. The van der Waals surface area contributed by atoms with Gasteiger partial charge in [-0.25, -0.2) is 14.4 Å². The Balaban J connectivity index is 1.66. The van der Waals surface area contributed by atoms with Gasteiger partial charge in [-0.15, -0.1) is 0 Å². The molecule has 1 saturated heterocycles. The number of fused-ring (bicyclic) bond motifs is 1. The summed E-state index contributed by atoms with van der Waals surface area (Å²) in [4.78, 5) is 10.8. The Morgan fingerprint density at radius 1 is 1.26 bits per heavy atom. The number of aliphatic hydroxyl groups excluding tert-OH is 1. The van der Waals surface area contributed by atoms with E-state index in [1.165, 1.54) is 6.07 Å². The van der Waals surface area contributed by atoms with Crippen molar-refractivity contribution in [2.45, 2.75) is 26.0 Å². The van der Waals surface area contributed by atoms with Crippen LogP contribution in [0, 0.1) is 11.7 Å². The van der Waals surface area contributed by atoms with E-state index in [4.69, 9.17) is 0 Å². The van der Waals surface area contributed by atoms with Crippen LogP contribution in [0.25, 0.3) is 22.4 Å².